The number of nitrogens with one attached hydrogen (secondary N) is 1. The Bertz CT molecular complexity index is 428. The molecule has 0 spiro atoms. The summed E-state index contributed by atoms with van der Waals surface area (Å²) in [5.74, 6) is 0.129. The van der Waals surface area contributed by atoms with Gasteiger partial charge in [0.2, 0.25) is 0 Å². The van der Waals surface area contributed by atoms with Crippen LogP contribution in [0.3, 0.4) is 0 Å². The van der Waals surface area contributed by atoms with Crippen LogP contribution < -0.4 is 5.32 Å². The van der Waals surface area contributed by atoms with E-state index in [1.807, 2.05) is 4.90 Å². The monoisotopic (exact) mass is 283 g/mol. The summed E-state index contributed by atoms with van der Waals surface area (Å²) >= 11 is 1.48. The van der Waals surface area contributed by atoms with Crippen LogP contribution in [0.5, 0.6) is 0 Å². The van der Waals surface area contributed by atoms with Crippen molar-refractivity contribution in [1.29, 1.82) is 0 Å². The van der Waals surface area contributed by atoms with E-state index in [0.717, 1.165) is 54.6 Å². The maximum absolute atomic E-state index is 12.5. The Kier molecular flexibility index (Phi) is 5.30. The molecule has 1 aliphatic heterocycles. The number of amides is 1. The number of thiazole rings is 1. The van der Waals surface area contributed by atoms with Gasteiger partial charge in [-0.3, -0.25) is 4.79 Å². The Morgan fingerprint density at radius 2 is 2.21 bits per heavy atom. The van der Waals surface area contributed by atoms with E-state index >= 15 is 0 Å². The van der Waals surface area contributed by atoms with Gasteiger partial charge in [0.25, 0.3) is 5.91 Å². The standard InChI is InChI=1S/C13H21N3O2S/c1-3-4-10-12(19-11(15-10)9-18-2)13(17)16-7-5-14-6-8-16/h14H,3-9H2,1-2H3. The largest absolute Gasteiger partial charge is 0.378 e. The predicted molar refractivity (Wildman–Crippen MR) is 75.6 cm³/mol. The van der Waals surface area contributed by atoms with Crippen molar-refractivity contribution >= 4 is 17.2 Å². The minimum absolute atomic E-state index is 0.129. The number of nitrogens with zero attached hydrogens (tertiary/aromatic N) is 2. The Morgan fingerprint density at radius 3 is 2.84 bits per heavy atom. The van der Waals surface area contributed by atoms with Gasteiger partial charge in [0, 0.05) is 33.3 Å². The zero-order valence-corrected chi connectivity index (χ0v) is 12.4. The average Bonchev–Trinajstić information content (AvgIpc) is 2.83. The van der Waals surface area contributed by atoms with Crippen molar-refractivity contribution in [2.75, 3.05) is 33.3 Å². The third kappa shape index (κ3) is 3.52. The van der Waals surface area contributed by atoms with Gasteiger partial charge in [-0.05, 0) is 6.42 Å². The molecule has 19 heavy (non-hydrogen) atoms. The molecule has 1 amide bonds. The third-order valence-corrected chi connectivity index (χ3v) is 4.15. The van der Waals surface area contributed by atoms with Crippen LogP contribution in [0, 0.1) is 0 Å². The normalized spacial score (nSPS) is 15.8. The van der Waals surface area contributed by atoms with Gasteiger partial charge >= 0.3 is 0 Å². The second kappa shape index (κ2) is 6.98. The van der Waals surface area contributed by atoms with Gasteiger partial charge < -0.3 is 15.0 Å². The van der Waals surface area contributed by atoms with Crippen molar-refractivity contribution in [2.45, 2.75) is 26.4 Å². The third-order valence-electron chi connectivity index (χ3n) is 3.09. The van der Waals surface area contributed by atoms with E-state index in [1.54, 1.807) is 7.11 Å². The number of aryl methyl sites for hydroxylation is 1. The summed E-state index contributed by atoms with van der Waals surface area (Å²) < 4.78 is 5.11. The molecule has 1 aromatic heterocycles. The fraction of sp³-hybridized carbons (Fsp3) is 0.692. The first-order valence-electron chi connectivity index (χ1n) is 6.73. The Hall–Kier alpha value is -0.980. The topological polar surface area (TPSA) is 54.5 Å². The van der Waals surface area contributed by atoms with Gasteiger partial charge in [-0.2, -0.15) is 0 Å². The number of carbonyl (C=O) groups excluding carboxylic acids is 1. The fourth-order valence-corrected chi connectivity index (χ4v) is 3.22. The molecule has 1 aliphatic rings. The molecule has 0 unspecified atom stereocenters. The molecule has 0 radical (unpaired) electrons. The maximum atomic E-state index is 12.5. The second-order valence-electron chi connectivity index (χ2n) is 4.61. The van der Waals surface area contributed by atoms with Crippen LogP contribution >= 0.6 is 11.3 Å². The quantitative estimate of drug-likeness (QED) is 0.884. The van der Waals surface area contributed by atoms with Crippen molar-refractivity contribution in [2.24, 2.45) is 0 Å². The number of rotatable bonds is 5. The number of hydrogen-bond acceptors (Lipinski definition) is 5. The molecule has 5 nitrogen and oxygen atoms in total. The second-order valence-corrected chi connectivity index (χ2v) is 5.69. The van der Waals surface area contributed by atoms with Gasteiger partial charge in [0.15, 0.2) is 0 Å². The molecule has 0 saturated carbocycles. The molecule has 1 N–H and O–H groups in total. The van der Waals surface area contributed by atoms with Gasteiger partial charge in [-0.15, -0.1) is 11.3 Å². The van der Waals surface area contributed by atoms with Crippen LogP contribution in [-0.2, 0) is 17.8 Å². The molecular formula is C13H21N3O2S. The number of ether oxygens (including phenoxy) is 1. The van der Waals surface area contributed by atoms with E-state index in [4.69, 9.17) is 4.74 Å². The number of aromatic nitrogens is 1. The minimum Gasteiger partial charge on any atom is -0.378 e. The number of hydrogen-bond donors (Lipinski definition) is 1. The molecule has 0 aromatic carbocycles. The number of piperazine rings is 1. The molecule has 2 heterocycles. The minimum atomic E-state index is 0.129. The zero-order chi connectivity index (χ0) is 13.7. The van der Waals surface area contributed by atoms with E-state index in [1.165, 1.54) is 11.3 Å². The first-order chi connectivity index (χ1) is 9.26. The molecule has 0 atom stereocenters. The highest BCUT2D eigenvalue weighted by Gasteiger charge is 2.23. The van der Waals surface area contributed by atoms with E-state index < -0.39 is 0 Å². The van der Waals surface area contributed by atoms with E-state index in [-0.39, 0.29) is 5.91 Å². The zero-order valence-electron chi connectivity index (χ0n) is 11.6. The summed E-state index contributed by atoms with van der Waals surface area (Å²) in [7, 11) is 1.65. The highest BCUT2D eigenvalue weighted by atomic mass is 32.1. The van der Waals surface area contributed by atoms with Gasteiger partial charge in [0.05, 0.1) is 12.3 Å². The average molecular weight is 283 g/mol. The smallest absolute Gasteiger partial charge is 0.265 e. The lowest BCUT2D eigenvalue weighted by atomic mass is 10.2. The van der Waals surface area contributed by atoms with Crippen molar-refractivity contribution < 1.29 is 9.53 Å². The van der Waals surface area contributed by atoms with E-state index in [0.29, 0.717) is 6.61 Å². The molecule has 1 aromatic rings. The molecule has 106 valence electrons. The summed E-state index contributed by atoms with van der Waals surface area (Å²) in [5, 5.41) is 4.15. The predicted octanol–water partition coefficient (Wildman–Crippen LogP) is 1.29. The molecule has 0 aliphatic carbocycles. The van der Waals surface area contributed by atoms with Crippen LogP contribution in [0.1, 0.15) is 33.7 Å². The van der Waals surface area contributed by atoms with Crippen molar-refractivity contribution in [1.82, 2.24) is 15.2 Å². The summed E-state index contributed by atoms with van der Waals surface area (Å²) in [4.78, 5) is 19.8. The van der Waals surface area contributed by atoms with Crippen LogP contribution in [0.25, 0.3) is 0 Å². The highest BCUT2D eigenvalue weighted by molar-refractivity contribution is 7.13. The van der Waals surface area contributed by atoms with Crippen LogP contribution in [0.2, 0.25) is 0 Å². The van der Waals surface area contributed by atoms with Crippen LogP contribution in [0.4, 0.5) is 0 Å². The summed E-state index contributed by atoms with van der Waals surface area (Å²) in [5.41, 5.74) is 0.933. The summed E-state index contributed by atoms with van der Waals surface area (Å²) in [6, 6.07) is 0. The van der Waals surface area contributed by atoms with Crippen molar-refractivity contribution in [3.8, 4) is 0 Å². The maximum Gasteiger partial charge on any atom is 0.265 e. The Labute approximate surface area is 118 Å². The van der Waals surface area contributed by atoms with E-state index in [9.17, 15) is 4.79 Å². The van der Waals surface area contributed by atoms with Gasteiger partial charge in [-0.1, -0.05) is 13.3 Å². The number of methoxy groups -OCH3 is 1. The highest BCUT2D eigenvalue weighted by Crippen LogP contribution is 2.22. The van der Waals surface area contributed by atoms with Gasteiger partial charge in [-0.25, -0.2) is 4.98 Å². The number of carbonyl (C=O) groups is 1. The van der Waals surface area contributed by atoms with Crippen LogP contribution in [-0.4, -0.2) is 49.1 Å². The SMILES string of the molecule is CCCc1nc(COC)sc1C(=O)N1CCNCC1. The lowest BCUT2D eigenvalue weighted by Crippen LogP contribution is -2.46. The summed E-state index contributed by atoms with van der Waals surface area (Å²) in [6.07, 6.45) is 1.85. The molecule has 0 bridgehead atoms. The van der Waals surface area contributed by atoms with Crippen LogP contribution in [0.15, 0.2) is 0 Å². The lowest BCUT2D eigenvalue weighted by Gasteiger charge is -2.27. The Balaban J connectivity index is 2.17. The van der Waals surface area contributed by atoms with E-state index in [2.05, 4.69) is 17.2 Å². The van der Waals surface area contributed by atoms with Crippen molar-refractivity contribution in [3.63, 3.8) is 0 Å². The first kappa shape index (κ1) is 14.4. The molecule has 1 saturated heterocycles. The summed E-state index contributed by atoms with van der Waals surface area (Å²) in [6.45, 7) is 5.89. The van der Waals surface area contributed by atoms with Crippen molar-refractivity contribution in [3.05, 3.63) is 15.6 Å². The molecular weight excluding hydrogens is 262 g/mol. The molecule has 2 rings (SSSR count). The molecule has 1 fully saturated rings. The van der Waals surface area contributed by atoms with Gasteiger partial charge in [0.1, 0.15) is 9.88 Å². The fourth-order valence-electron chi connectivity index (χ4n) is 2.17. The Morgan fingerprint density at radius 1 is 1.47 bits per heavy atom. The first-order valence-corrected chi connectivity index (χ1v) is 7.55. The molecule has 6 heteroatoms. The lowest BCUT2D eigenvalue weighted by molar-refractivity contribution is 0.0739.